The van der Waals surface area contributed by atoms with Gasteiger partial charge < -0.3 is 4.90 Å². The van der Waals surface area contributed by atoms with Crippen molar-refractivity contribution in [2.45, 2.75) is 0 Å². The van der Waals surface area contributed by atoms with Crippen LogP contribution in [0.25, 0.3) is 83.4 Å². The molecule has 254 valence electrons. The first kappa shape index (κ1) is 31.4. The lowest BCUT2D eigenvalue weighted by Crippen LogP contribution is -2.10. The third-order valence-corrected chi connectivity index (χ3v) is 13.6. The standard InChI is InChI=1S/C49H30N2S3/c1-3-12-31(13-4-1)34-16-11-17-36(28-34)51(37-26-27-43-40(29-37)38-18-7-9-20-41(38)52-43)35-24-22-32(23-25-35)46-47-39-19-8-10-21-42(39)53-44(47)30-45-48(46)50-49(54-45)33-14-5-2-6-15-33/h1-30H. The maximum atomic E-state index is 5.35. The van der Waals surface area contributed by atoms with E-state index in [9.17, 15) is 0 Å². The van der Waals surface area contributed by atoms with Crippen LogP contribution in [0.15, 0.2) is 182 Å². The molecule has 0 radical (unpaired) electrons. The third kappa shape index (κ3) is 5.24. The van der Waals surface area contributed by atoms with Crippen LogP contribution in [0.1, 0.15) is 0 Å². The average Bonchev–Trinajstić information content (AvgIpc) is 3.94. The highest BCUT2D eigenvalue weighted by Gasteiger charge is 2.21. The van der Waals surface area contributed by atoms with Crippen LogP contribution in [0.3, 0.4) is 0 Å². The number of aromatic nitrogens is 1. The average molecular weight is 743 g/mol. The van der Waals surface area contributed by atoms with Crippen molar-refractivity contribution in [3.8, 4) is 32.8 Å². The molecule has 0 fully saturated rings. The van der Waals surface area contributed by atoms with E-state index in [4.69, 9.17) is 4.98 Å². The Hall–Kier alpha value is -6.11. The van der Waals surface area contributed by atoms with E-state index in [2.05, 4.69) is 187 Å². The highest BCUT2D eigenvalue weighted by atomic mass is 32.1. The Morgan fingerprint density at radius 2 is 0.963 bits per heavy atom. The molecule has 0 saturated carbocycles. The zero-order chi connectivity index (χ0) is 35.6. The predicted molar refractivity (Wildman–Crippen MR) is 236 cm³/mol. The molecule has 0 bridgehead atoms. The Bertz CT molecular complexity index is 3160. The molecule has 0 unspecified atom stereocenters. The maximum Gasteiger partial charge on any atom is 0.124 e. The van der Waals surface area contributed by atoms with Crippen molar-refractivity contribution >= 4 is 102 Å². The van der Waals surface area contributed by atoms with Crippen molar-refractivity contribution in [3.05, 3.63) is 182 Å². The van der Waals surface area contributed by atoms with Crippen LogP contribution in [0.2, 0.25) is 0 Å². The van der Waals surface area contributed by atoms with E-state index in [1.807, 2.05) is 22.7 Å². The summed E-state index contributed by atoms with van der Waals surface area (Å²) in [6.45, 7) is 0. The second-order valence-electron chi connectivity index (χ2n) is 13.5. The Labute approximate surface area is 324 Å². The van der Waals surface area contributed by atoms with Crippen molar-refractivity contribution in [1.29, 1.82) is 0 Å². The number of hydrogen-bond acceptors (Lipinski definition) is 5. The summed E-state index contributed by atoms with van der Waals surface area (Å²) in [4.78, 5) is 7.75. The zero-order valence-corrected chi connectivity index (χ0v) is 31.4. The zero-order valence-electron chi connectivity index (χ0n) is 28.9. The van der Waals surface area contributed by atoms with Crippen molar-refractivity contribution < 1.29 is 0 Å². The van der Waals surface area contributed by atoms with Gasteiger partial charge >= 0.3 is 0 Å². The van der Waals surface area contributed by atoms with Crippen molar-refractivity contribution in [2.75, 3.05) is 4.90 Å². The lowest BCUT2D eigenvalue weighted by atomic mass is 9.97. The van der Waals surface area contributed by atoms with Gasteiger partial charge in [-0.1, -0.05) is 121 Å². The quantitative estimate of drug-likeness (QED) is 0.169. The van der Waals surface area contributed by atoms with E-state index in [0.717, 1.165) is 33.1 Å². The number of thiophene rings is 2. The van der Waals surface area contributed by atoms with Crippen LogP contribution in [-0.4, -0.2) is 4.98 Å². The number of anilines is 3. The fraction of sp³-hybridized carbons (Fsp3) is 0. The van der Waals surface area contributed by atoms with Gasteiger partial charge in [-0.25, -0.2) is 4.98 Å². The SMILES string of the molecule is c1ccc(-c2cccc(N(c3ccc(-c4c5nc(-c6ccccc6)sc5cc5sc6ccccc6c45)cc3)c3ccc4sc5ccccc5c4c3)c2)cc1. The summed E-state index contributed by atoms with van der Waals surface area (Å²) in [5.74, 6) is 0. The van der Waals surface area contributed by atoms with Crippen LogP contribution in [-0.2, 0) is 0 Å². The Kier molecular flexibility index (Phi) is 7.44. The van der Waals surface area contributed by atoms with Crippen molar-refractivity contribution in [1.82, 2.24) is 4.98 Å². The van der Waals surface area contributed by atoms with Gasteiger partial charge in [-0.2, -0.15) is 0 Å². The molecule has 11 rings (SSSR count). The monoisotopic (exact) mass is 742 g/mol. The van der Waals surface area contributed by atoms with Gasteiger partial charge in [0.05, 0.1) is 10.2 Å². The minimum atomic E-state index is 1.05. The lowest BCUT2D eigenvalue weighted by Gasteiger charge is -2.26. The molecule has 54 heavy (non-hydrogen) atoms. The number of benzene rings is 8. The number of thiazole rings is 1. The smallest absolute Gasteiger partial charge is 0.124 e. The molecule has 0 amide bonds. The molecule has 0 aliphatic carbocycles. The summed E-state index contributed by atoms with van der Waals surface area (Å²) in [6.07, 6.45) is 0. The van der Waals surface area contributed by atoms with Gasteiger partial charge in [0.1, 0.15) is 5.01 Å². The maximum absolute atomic E-state index is 5.35. The van der Waals surface area contributed by atoms with Crippen LogP contribution < -0.4 is 4.90 Å². The van der Waals surface area contributed by atoms with Gasteiger partial charge in [0.25, 0.3) is 0 Å². The molecule has 0 aliphatic heterocycles. The molecule has 11 aromatic rings. The van der Waals surface area contributed by atoms with Crippen LogP contribution >= 0.6 is 34.0 Å². The Morgan fingerprint density at radius 3 is 1.76 bits per heavy atom. The summed E-state index contributed by atoms with van der Waals surface area (Å²) in [7, 11) is 0. The topological polar surface area (TPSA) is 16.1 Å². The number of hydrogen-bond donors (Lipinski definition) is 0. The van der Waals surface area contributed by atoms with Crippen molar-refractivity contribution in [2.24, 2.45) is 0 Å². The second kappa shape index (κ2) is 12.8. The Balaban J connectivity index is 1.11. The first-order valence-electron chi connectivity index (χ1n) is 18.0. The molecule has 0 N–H and O–H groups in total. The summed E-state index contributed by atoms with van der Waals surface area (Å²) >= 11 is 5.50. The Morgan fingerprint density at radius 1 is 0.352 bits per heavy atom. The minimum absolute atomic E-state index is 1.05. The van der Waals surface area contributed by atoms with Gasteiger partial charge in [0.15, 0.2) is 0 Å². The van der Waals surface area contributed by atoms with Gasteiger partial charge in [-0.15, -0.1) is 34.0 Å². The summed E-state index contributed by atoms with van der Waals surface area (Å²) in [6, 6.07) is 66.0. The van der Waals surface area contributed by atoms with E-state index >= 15 is 0 Å². The molecule has 0 saturated heterocycles. The van der Waals surface area contributed by atoms with E-state index in [-0.39, 0.29) is 0 Å². The molecular weight excluding hydrogens is 713 g/mol. The first-order chi connectivity index (χ1) is 26.7. The lowest BCUT2D eigenvalue weighted by molar-refractivity contribution is 1.29. The molecular formula is C49H30N2S3. The molecule has 0 spiro atoms. The molecule has 8 aromatic carbocycles. The second-order valence-corrected chi connectivity index (χ2v) is 16.7. The van der Waals surface area contributed by atoms with E-state index in [1.54, 1.807) is 11.3 Å². The number of fused-ring (bicyclic) bond motifs is 7. The van der Waals surface area contributed by atoms with Gasteiger partial charge in [0, 0.05) is 68.5 Å². The van der Waals surface area contributed by atoms with Crippen LogP contribution in [0, 0.1) is 0 Å². The van der Waals surface area contributed by atoms with Crippen molar-refractivity contribution in [3.63, 3.8) is 0 Å². The summed E-state index contributed by atoms with van der Waals surface area (Å²) in [5, 5.41) is 6.19. The number of rotatable bonds is 6. The summed E-state index contributed by atoms with van der Waals surface area (Å²) in [5.41, 5.74) is 10.3. The first-order valence-corrected chi connectivity index (χ1v) is 20.5. The highest BCUT2D eigenvalue weighted by molar-refractivity contribution is 7.27. The molecule has 5 heteroatoms. The van der Waals surface area contributed by atoms with E-state index in [0.29, 0.717) is 0 Å². The molecule has 3 heterocycles. The molecule has 2 nitrogen and oxygen atoms in total. The number of nitrogens with zero attached hydrogens (tertiary/aromatic N) is 2. The highest BCUT2D eigenvalue weighted by Crippen LogP contribution is 2.47. The van der Waals surface area contributed by atoms with Gasteiger partial charge in [0.2, 0.25) is 0 Å². The fourth-order valence-electron chi connectivity index (χ4n) is 7.79. The minimum Gasteiger partial charge on any atom is -0.310 e. The normalized spacial score (nSPS) is 11.7. The van der Waals surface area contributed by atoms with E-state index in [1.165, 1.54) is 67.3 Å². The van der Waals surface area contributed by atoms with Gasteiger partial charge in [-0.05, 0) is 77.4 Å². The predicted octanol–water partition coefficient (Wildman–Crippen LogP) is 15.5. The molecule has 0 aliphatic rings. The molecule has 0 atom stereocenters. The third-order valence-electron chi connectivity index (χ3n) is 10.3. The van der Waals surface area contributed by atoms with Crippen LogP contribution in [0.4, 0.5) is 17.1 Å². The van der Waals surface area contributed by atoms with Crippen LogP contribution in [0.5, 0.6) is 0 Å². The summed E-state index contributed by atoms with van der Waals surface area (Å²) < 4.78 is 6.41. The van der Waals surface area contributed by atoms with Gasteiger partial charge in [-0.3, -0.25) is 0 Å². The largest absolute Gasteiger partial charge is 0.310 e. The fourth-order valence-corrected chi connectivity index (χ4v) is 11.1. The van der Waals surface area contributed by atoms with E-state index < -0.39 is 0 Å². The molecule has 3 aromatic heterocycles.